The summed E-state index contributed by atoms with van der Waals surface area (Å²) in [5.41, 5.74) is 2.14. The Morgan fingerprint density at radius 2 is 2.45 bits per heavy atom. The van der Waals surface area contributed by atoms with Crippen molar-refractivity contribution in [2.75, 3.05) is 5.32 Å². The van der Waals surface area contributed by atoms with Crippen LogP contribution in [0.3, 0.4) is 0 Å². The molecule has 0 bridgehead atoms. The van der Waals surface area contributed by atoms with E-state index >= 15 is 0 Å². The van der Waals surface area contributed by atoms with Crippen molar-refractivity contribution in [2.24, 2.45) is 0 Å². The Balaban J connectivity index is 2.43. The fourth-order valence-corrected chi connectivity index (χ4v) is 1.17. The second-order valence-electron chi connectivity index (χ2n) is 2.77. The maximum atomic E-state index is 5.34. The predicted octanol–water partition coefficient (Wildman–Crippen LogP) is 1.54. The summed E-state index contributed by atoms with van der Waals surface area (Å²) in [5, 5.41) is 3.15. The Bertz CT molecular complexity index is 285. The summed E-state index contributed by atoms with van der Waals surface area (Å²) in [6, 6.07) is 2.03. The van der Waals surface area contributed by atoms with Gasteiger partial charge in [0.05, 0.1) is 0 Å². The molecule has 0 aliphatic carbocycles. The van der Waals surface area contributed by atoms with Gasteiger partial charge in [-0.3, -0.25) is 0 Å². The molecule has 2 rings (SSSR count). The number of nitrogens with zero attached hydrogens (tertiary/aromatic N) is 1. The summed E-state index contributed by atoms with van der Waals surface area (Å²) in [4.78, 5) is 4.12. The number of nitrogens with one attached hydrogen (secondary N) is 1. The Hall–Kier alpha value is -1.25. The zero-order valence-electron chi connectivity index (χ0n) is 6.59. The molecule has 11 heavy (non-hydrogen) atoms. The van der Waals surface area contributed by atoms with Crippen LogP contribution in [0.5, 0.6) is 5.88 Å². The first-order chi connectivity index (χ1) is 5.25. The van der Waals surface area contributed by atoms with Gasteiger partial charge in [-0.25, -0.2) is 4.98 Å². The minimum atomic E-state index is 0.0549. The molecule has 0 fully saturated rings. The number of aromatic nitrogens is 1. The molecule has 1 aliphatic heterocycles. The standard InChI is InChI=1S/C8H10N2O/c1-5-3-7-8(9-4-5)11-6(2)10-7/h3-4,6,10H,1-2H3. The number of ether oxygens (including phenoxy) is 1. The summed E-state index contributed by atoms with van der Waals surface area (Å²) in [6.07, 6.45) is 1.86. The molecular formula is C8H10N2O. The van der Waals surface area contributed by atoms with E-state index in [1.54, 1.807) is 6.20 Å². The Kier molecular flexibility index (Phi) is 1.24. The van der Waals surface area contributed by atoms with Crippen LogP contribution in [0.4, 0.5) is 5.69 Å². The van der Waals surface area contributed by atoms with Crippen LogP contribution in [0.15, 0.2) is 12.3 Å². The molecule has 1 N–H and O–H groups in total. The first-order valence-electron chi connectivity index (χ1n) is 3.65. The second kappa shape index (κ2) is 2.12. The number of hydrogen-bond donors (Lipinski definition) is 1. The van der Waals surface area contributed by atoms with Gasteiger partial charge in [0.2, 0.25) is 5.88 Å². The van der Waals surface area contributed by atoms with Gasteiger partial charge in [0.25, 0.3) is 0 Å². The lowest BCUT2D eigenvalue weighted by Gasteiger charge is -1.99. The summed E-state index contributed by atoms with van der Waals surface area (Å²) >= 11 is 0. The fraction of sp³-hybridized carbons (Fsp3) is 0.375. The van der Waals surface area contributed by atoms with Crippen LogP contribution in [-0.4, -0.2) is 11.2 Å². The number of fused-ring (bicyclic) bond motifs is 1. The lowest BCUT2D eigenvalue weighted by Crippen LogP contribution is -2.14. The van der Waals surface area contributed by atoms with Crippen LogP contribution < -0.4 is 10.1 Å². The van der Waals surface area contributed by atoms with Crippen LogP contribution in [0.1, 0.15) is 12.5 Å². The van der Waals surface area contributed by atoms with Gasteiger partial charge in [-0.15, -0.1) is 0 Å². The summed E-state index contributed by atoms with van der Waals surface area (Å²) < 4.78 is 5.34. The Labute approximate surface area is 65.4 Å². The molecule has 0 saturated heterocycles. The molecule has 58 valence electrons. The molecule has 1 aliphatic rings. The maximum Gasteiger partial charge on any atom is 0.239 e. The average molecular weight is 150 g/mol. The Morgan fingerprint density at radius 3 is 3.27 bits per heavy atom. The molecule has 0 radical (unpaired) electrons. The molecular weight excluding hydrogens is 140 g/mol. The van der Waals surface area contributed by atoms with Gasteiger partial charge in [0, 0.05) is 6.20 Å². The zero-order valence-corrected chi connectivity index (χ0v) is 6.59. The molecule has 0 saturated carbocycles. The largest absolute Gasteiger partial charge is 0.453 e. The normalized spacial score (nSPS) is 20.4. The van der Waals surface area contributed by atoms with E-state index in [2.05, 4.69) is 10.3 Å². The van der Waals surface area contributed by atoms with E-state index in [0.717, 1.165) is 11.3 Å². The van der Waals surface area contributed by atoms with Crippen LogP contribution in [0.2, 0.25) is 0 Å². The molecule has 0 aromatic carbocycles. The average Bonchev–Trinajstić information content (AvgIpc) is 2.27. The van der Waals surface area contributed by atoms with E-state index in [1.165, 1.54) is 0 Å². The fourth-order valence-electron chi connectivity index (χ4n) is 1.17. The summed E-state index contributed by atoms with van der Waals surface area (Å²) in [7, 11) is 0. The van der Waals surface area contributed by atoms with Crippen molar-refractivity contribution in [2.45, 2.75) is 20.1 Å². The van der Waals surface area contributed by atoms with E-state index in [1.807, 2.05) is 19.9 Å². The SMILES string of the molecule is Cc1cnc2c(c1)NC(C)O2. The highest BCUT2D eigenvalue weighted by atomic mass is 16.5. The van der Waals surface area contributed by atoms with Gasteiger partial charge in [-0.1, -0.05) is 0 Å². The monoisotopic (exact) mass is 150 g/mol. The van der Waals surface area contributed by atoms with E-state index in [9.17, 15) is 0 Å². The molecule has 3 heteroatoms. The summed E-state index contributed by atoms with van der Waals surface area (Å²) in [6.45, 7) is 3.97. The number of anilines is 1. The van der Waals surface area contributed by atoms with E-state index in [4.69, 9.17) is 4.74 Å². The molecule has 1 atom stereocenters. The third-order valence-electron chi connectivity index (χ3n) is 1.64. The Morgan fingerprint density at radius 1 is 1.64 bits per heavy atom. The first kappa shape index (κ1) is 6.46. The van der Waals surface area contributed by atoms with Gasteiger partial charge in [-0.2, -0.15) is 0 Å². The van der Waals surface area contributed by atoms with Crippen molar-refractivity contribution >= 4 is 5.69 Å². The minimum absolute atomic E-state index is 0.0549. The molecule has 1 aromatic heterocycles. The highest BCUT2D eigenvalue weighted by Crippen LogP contribution is 2.29. The van der Waals surface area contributed by atoms with Crippen LogP contribution in [0.25, 0.3) is 0 Å². The van der Waals surface area contributed by atoms with Crippen molar-refractivity contribution in [1.82, 2.24) is 4.98 Å². The van der Waals surface area contributed by atoms with Gasteiger partial charge >= 0.3 is 0 Å². The number of aryl methyl sites for hydroxylation is 1. The van der Waals surface area contributed by atoms with E-state index < -0.39 is 0 Å². The number of rotatable bonds is 0. The van der Waals surface area contributed by atoms with Crippen molar-refractivity contribution in [3.05, 3.63) is 17.8 Å². The number of pyridine rings is 1. The number of hydrogen-bond acceptors (Lipinski definition) is 3. The second-order valence-corrected chi connectivity index (χ2v) is 2.77. The van der Waals surface area contributed by atoms with Gasteiger partial charge in [0.1, 0.15) is 5.69 Å². The quantitative estimate of drug-likeness (QED) is 0.609. The molecule has 3 nitrogen and oxygen atoms in total. The maximum absolute atomic E-state index is 5.34. The molecule has 2 heterocycles. The lowest BCUT2D eigenvalue weighted by atomic mass is 10.3. The smallest absolute Gasteiger partial charge is 0.239 e. The van der Waals surface area contributed by atoms with Gasteiger partial charge in [0.15, 0.2) is 6.23 Å². The summed E-state index contributed by atoms with van der Waals surface area (Å²) in [5.74, 6) is 0.711. The molecule has 1 unspecified atom stereocenters. The predicted molar refractivity (Wildman–Crippen MR) is 42.7 cm³/mol. The van der Waals surface area contributed by atoms with E-state index in [0.29, 0.717) is 5.88 Å². The van der Waals surface area contributed by atoms with Gasteiger partial charge in [-0.05, 0) is 25.5 Å². The van der Waals surface area contributed by atoms with Crippen LogP contribution >= 0.6 is 0 Å². The van der Waals surface area contributed by atoms with Crippen molar-refractivity contribution in [3.63, 3.8) is 0 Å². The highest BCUT2D eigenvalue weighted by molar-refractivity contribution is 5.57. The third kappa shape index (κ3) is 1.02. The van der Waals surface area contributed by atoms with Crippen molar-refractivity contribution in [1.29, 1.82) is 0 Å². The van der Waals surface area contributed by atoms with E-state index in [-0.39, 0.29) is 6.23 Å². The lowest BCUT2D eigenvalue weighted by molar-refractivity contribution is 0.265. The van der Waals surface area contributed by atoms with Crippen LogP contribution in [-0.2, 0) is 0 Å². The van der Waals surface area contributed by atoms with Gasteiger partial charge < -0.3 is 10.1 Å². The van der Waals surface area contributed by atoms with Crippen LogP contribution in [0, 0.1) is 6.92 Å². The topological polar surface area (TPSA) is 34.2 Å². The zero-order chi connectivity index (χ0) is 7.84. The first-order valence-corrected chi connectivity index (χ1v) is 3.65. The third-order valence-corrected chi connectivity index (χ3v) is 1.64. The highest BCUT2D eigenvalue weighted by Gasteiger charge is 2.18. The molecule has 0 amide bonds. The molecule has 0 spiro atoms. The minimum Gasteiger partial charge on any atom is -0.453 e. The van der Waals surface area contributed by atoms with Crippen molar-refractivity contribution in [3.8, 4) is 5.88 Å². The van der Waals surface area contributed by atoms with Crippen molar-refractivity contribution < 1.29 is 4.74 Å². The molecule has 1 aromatic rings.